The first kappa shape index (κ1) is 16.5. The number of hydrogen-bond acceptors (Lipinski definition) is 6. The van der Waals surface area contributed by atoms with Crippen LogP contribution in [0, 0.1) is 0 Å². The third-order valence-electron chi connectivity index (χ3n) is 3.37. The van der Waals surface area contributed by atoms with Crippen LogP contribution in [0.1, 0.15) is 11.3 Å². The molecule has 2 N–H and O–H groups in total. The van der Waals surface area contributed by atoms with Crippen LogP contribution in [0.3, 0.4) is 0 Å². The summed E-state index contributed by atoms with van der Waals surface area (Å²) in [6.07, 6.45) is 3.15. The first-order valence-electron chi connectivity index (χ1n) is 7.54. The van der Waals surface area contributed by atoms with Crippen LogP contribution < -0.4 is 15.0 Å². The number of pyridine rings is 1. The number of ether oxygens (including phenoxy) is 2. The molecule has 3 aromatic rings. The lowest BCUT2D eigenvalue weighted by molar-refractivity contribution is 0.234. The van der Waals surface area contributed by atoms with Crippen molar-refractivity contribution in [2.75, 3.05) is 7.11 Å². The number of nitrogens with zero attached hydrogens (tertiary/aromatic N) is 2. The molecule has 0 bridgehead atoms. The standard InChI is InChI=1S/C18H17N3O4/c1-23-14-4-6-15(7-5-14)25-17-11-13(8-9-19-17)18(21-22)20-12-16-3-2-10-24-16/h2-11,22H,12H2,1H3,(H,20,21). The van der Waals surface area contributed by atoms with Gasteiger partial charge in [-0.2, -0.15) is 0 Å². The quantitative estimate of drug-likeness (QED) is 0.406. The maximum absolute atomic E-state index is 9.36. The monoisotopic (exact) mass is 339 g/mol. The van der Waals surface area contributed by atoms with Crippen molar-refractivity contribution in [3.05, 3.63) is 72.3 Å². The van der Waals surface area contributed by atoms with Gasteiger partial charge < -0.3 is 13.9 Å². The van der Waals surface area contributed by atoms with E-state index in [0.29, 0.717) is 35.3 Å². The molecular weight excluding hydrogens is 322 g/mol. The summed E-state index contributed by atoms with van der Waals surface area (Å²) < 4.78 is 16.0. The van der Waals surface area contributed by atoms with E-state index < -0.39 is 0 Å². The summed E-state index contributed by atoms with van der Waals surface area (Å²) in [5, 5.41) is 9.36. The molecule has 0 saturated carbocycles. The summed E-state index contributed by atoms with van der Waals surface area (Å²) in [5.74, 6) is 2.72. The molecule has 1 aromatic carbocycles. The van der Waals surface area contributed by atoms with Crippen molar-refractivity contribution < 1.29 is 19.1 Å². The minimum absolute atomic E-state index is 0.290. The lowest BCUT2D eigenvalue weighted by Crippen LogP contribution is -2.20. The normalized spacial score (nSPS) is 11.2. The van der Waals surface area contributed by atoms with Crippen molar-refractivity contribution in [1.29, 1.82) is 0 Å². The Morgan fingerprint density at radius 3 is 2.68 bits per heavy atom. The lowest BCUT2D eigenvalue weighted by atomic mass is 10.2. The molecule has 3 rings (SSSR count). The van der Waals surface area contributed by atoms with Crippen LogP contribution in [0.15, 0.2) is 70.4 Å². The fourth-order valence-electron chi connectivity index (χ4n) is 2.13. The number of aromatic nitrogens is 1. The highest BCUT2D eigenvalue weighted by Gasteiger charge is 2.07. The van der Waals surface area contributed by atoms with E-state index in [4.69, 9.17) is 13.9 Å². The lowest BCUT2D eigenvalue weighted by Gasteiger charge is -2.08. The Balaban J connectivity index is 1.75. The number of nitrogens with one attached hydrogen (secondary N) is 1. The Morgan fingerprint density at radius 2 is 2.00 bits per heavy atom. The Morgan fingerprint density at radius 1 is 1.20 bits per heavy atom. The molecule has 25 heavy (non-hydrogen) atoms. The van der Waals surface area contributed by atoms with Crippen LogP contribution >= 0.6 is 0 Å². The molecule has 0 aliphatic rings. The highest BCUT2D eigenvalue weighted by molar-refractivity contribution is 5.98. The largest absolute Gasteiger partial charge is 0.497 e. The van der Waals surface area contributed by atoms with E-state index >= 15 is 0 Å². The summed E-state index contributed by atoms with van der Waals surface area (Å²) in [6.45, 7) is 0.298. The van der Waals surface area contributed by atoms with E-state index in [9.17, 15) is 5.21 Å². The number of rotatable bonds is 6. The van der Waals surface area contributed by atoms with E-state index in [1.54, 1.807) is 62.0 Å². The average molecular weight is 339 g/mol. The molecule has 0 spiro atoms. The van der Waals surface area contributed by atoms with Gasteiger partial charge in [0.05, 0.1) is 19.9 Å². The zero-order chi connectivity index (χ0) is 17.5. The van der Waals surface area contributed by atoms with Gasteiger partial charge in [-0.25, -0.2) is 4.98 Å². The van der Waals surface area contributed by atoms with Crippen LogP contribution in [0.2, 0.25) is 0 Å². The molecule has 128 valence electrons. The third-order valence-corrected chi connectivity index (χ3v) is 3.37. The smallest absolute Gasteiger partial charge is 0.219 e. The molecule has 0 fully saturated rings. The molecular formula is C18H17N3O4. The fraction of sp³-hybridized carbons (Fsp3) is 0.111. The predicted molar refractivity (Wildman–Crippen MR) is 91.2 cm³/mol. The second-order valence-electron chi connectivity index (χ2n) is 5.02. The van der Waals surface area contributed by atoms with Crippen molar-refractivity contribution in [2.45, 2.75) is 6.54 Å². The van der Waals surface area contributed by atoms with E-state index in [2.05, 4.69) is 15.5 Å². The second-order valence-corrected chi connectivity index (χ2v) is 5.02. The van der Waals surface area contributed by atoms with Crippen molar-refractivity contribution in [3.8, 4) is 17.4 Å². The maximum atomic E-state index is 9.36. The van der Waals surface area contributed by atoms with E-state index in [0.717, 1.165) is 5.75 Å². The highest BCUT2D eigenvalue weighted by atomic mass is 16.5. The summed E-state index contributed by atoms with van der Waals surface area (Å²) in [7, 11) is 1.60. The third kappa shape index (κ3) is 4.36. The molecule has 7 heteroatoms. The number of amidine groups is 1. The summed E-state index contributed by atoms with van der Waals surface area (Å²) in [5.41, 5.74) is 2.73. The van der Waals surface area contributed by atoms with Gasteiger partial charge in [-0.1, -0.05) is 0 Å². The molecule has 0 saturated heterocycles. The number of aliphatic imine (C=N–C) groups is 1. The topological polar surface area (TPSA) is 89.1 Å². The van der Waals surface area contributed by atoms with Gasteiger partial charge in [-0.15, -0.1) is 0 Å². The molecule has 0 atom stereocenters. The van der Waals surface area contributed by atoms with Crippen LogP contribution in [0.4, 0.5) is 0 Å². The highest BCUT2D eigenvalue weighted by Crippen LogP contribution is 2.23. The van der Waals surface area contributed by atoms with Gasteiger partial charge in [-0.3, -0.25) is 15.7 Å². The minimum Gasteiger partial charge on any atom is -0.497 e. The van der Waals surface area contributed by atoms with Gasteiger partial charge >= 0.3 is 0 Å². The van der Waals surface area contributed by atoms with Gasteiger partial charge in [0.15, 0.2) is 5.84 Å². The Bertz CT molecular complexity index is 830. The average Bonchev–Trinajstić information content (AvgIpc) is 3.17. The number of hydrogen-bond donors (Lipinski definition) is 2. The van der Waals surface area contributed by atoms with Gasteiger partial charge in [0.25, 0.3) is 0 Å². The van der Waals surface area contributed by atoms with E-state index in [1.165, 1.54) is 0 Å². The first-order chi connectivity index (χ1) is 12.3. The minimum atomic E-state index is 0.290. The Hall–Kier alpha value is -3.32. The number of hydroxylamine groups is 1. The Labute approximate surface area is 144 Å². The molecule has 0 aliphatic heterocycles. The Kier molecular flexibility index (Phi) is 5.28. The van der Waals surface area contributed by atoms with E-state index in [-0.39, 0.29) is 0 Å². The summed E-state index contributed by atoms with van der Waals surface area (Å²) >= 11 is 0. The zero-order valence-corrected chi connectivity index (χ0v) is 13.5. The van der Waals surface area contributed by atoms with Crippen LogP contribution in [0.5, 0.6) is 17.4 Å². The summed E-state index contributed by atoms with van der Waals surface area (Å²) in [6, 6.07) is 14.1. The molecule has 2 aromatic heterocycles. The van der Waals surface area contributed by atoms with Gasteiger partial charge in [0.1, 0.15) is 17.3 Å². The molecule has 0 radical (unpaired) electrons. The molecule has 2 heterocycles. The zero-order valence-electron chi connectivity index (χ0n) is 13.5. The fourth-order valence-corrected chi connectivity index (χ4v) is 2.13. The second kappa shape index (κ2) is 7.98. The van der Waals surface area contributed by atoms with Crippen LogP contribution in [-0.2, 0) is 6.54 Å². The van der Waals surface area contributed by atoms with Crippen molar-refractivity contribution in [3.63, 3.8) is 0 Å². The molecule has 0 unspecified atom stereocenters. The maximum Gasteiger partial charge on any atom is 0.219 e. The van der Waals surface area contributed by atoms with Gasteiger partial charge in [-0.05, 0) is 42.5 Å². The van der Waals surface area contributed by atoms with Gasteiger partial charge in [0.2, 0.25) is 5.88 Å². The van der Waals surface area contributed by atoms with Crippen molar-refractivity contribution in [2.24, 2.45) is 4.99 Å². The van der Waals surface area contributed by atoms with Crippen LogP contribution in [-0.4, -0.2) is 23.1 Å². The van der Waals surface area contributed by atoms with Crippen molar-refractivity contribution >= 4 is 5.84 Å². The van der Waals surface area contributed by atoms with Crippen LogP contribution in [0.25, 0.3) is 0 Å². The number of furan rings is 1. The SMILES string of the molecule is COc1ccc(Oc2cc(C(=NCc3ccco3)NO)ccn2)cc1. The number of methoxy groups -OCH3 is 1. The molecule has 0 aliphatic carbocycles. The number of benzene rings is 1. The van der Waals surface area contributed by atoms with Crippen molar-refractivity contribution in [1.82, 2.24) is 10.5 Å². The van der Waals surface area contributed by atoms with E-state index in [1.807, 2.05) is 6.07 Å². The first-order valence-corrected chi connectivity index (χ1v) is 7.54. The molecule has 0 amide bonds. The molecule has 7 nitrogen and oxygen atoms in total. The predicted octanol–water partition coefficient (Wildman–Crippen LogP) is 3.40. The summed E-state index contributed by atoms with van der Waals surface area (Å²) in [4.78, 5) is 8.46. The van der Waals surface area contributed by atoms with Gasteiger partial charge in [0, 0.05) is 17.8 Å².